The minimum Gasteiger partial charge on any atom is -0.312 e. The van der Waals surface area contributed by atoms with E-state index in [2.05, 4.69) is 47.3 Å². The average Bonchev–Trinajstić information content (AvgIpc) is 2.41. The van der Waals surface area contributed by atoms with Crippen molar-refractivity contribution in [2.45, 2.75) is 32.0 Å². The lowest BCUT2D eigenvalue weighted by atomic mass is 10.0. The van der Waals surface area contributed by atoms with E-state index in [-0.39, 0.29) is 0 Å². The van der Waals surface area contributed by atoms with Crippen LogP contribution in [0.25, 0.3) is 0 Å². The van der Waals surface area contributed by atoms with Crippen molar-refractivity contribution in [2.75, 3.05) is 12.8 Å². The average molecular weight is 287 g/mol. The summed E-state index contributed by atoms with van der Waals surface area (Å²) in [4.78, 5) is 8.73. The third-order valence-corrected chi connectivity index (χ3v) is 4.26. The quantitative estimate of drug-likeness (QED) is 0.675. The maximum absolute atomic E-state index is 4.43. The van der Waals surface area contributed by atoms with Crippen LogP contribution < -0.4 is 5.32 Å². The number of hydrogen-bond acceptors (Lipinski definition) is 4. The zero-order chi connectivity index (χ0) is 14.5. The normalized spacial score (nSPS) is 12.4. The van der Waals surface area contributed by atoms with Gasteiger partial charge in [-0.2, -0.15) is 0 Å². The second-order valence-corrected chi connectivity index (χ2v) is 5.98. The molecule has 0 aliphatic rings. The molecule has 0 radical (unpaired) electrons. The molecule has 1 aromatic heterocycles. The van der Waals surface area contributed by atoms with Crippen LogP contribution in [-0.2, 0) is 0 Å². The molecular formula is C16H21N3S. The van der Waals surface area contributed by atoms with Gasteiger partial charge in [-0.3, -0.25) is 0 Å². The summed E-state index contributed by atoms with van der Waals surface area (Å²) in [6.45, 7) is 6.28. The number of aromatic nitrogens is 2. The zero-order valence-electron chi connectivity index (χ0n) is 12.5. The topological polar surface area (TPSA) is 37.8 Å². The van der Waals surface area contributed by atoms with Crippen LogP contribution in [0.1, 0.15) is 28.4 Å². The van der Waals surface area contributed by atoms with Gasteiger partial charge in [-0.05, 0) is 45.0 Å². The van der Waals surface area contributed by atoms with Crippen molar-refractivity contribution in [1.29, 1.82) is 0 Å². The highest BCUT2D eigenvalue weighted by molar-refractivity contribution is 7.99. The van der Waals surface area contributed by atoms with E-state index in [0.717, 1.165) is 16.6 Å². The van der Waals surface area contributed by atoms with Gasteiger partial charge in [0, 0.05) is 23.7 Å². The Balaban J connectivity index is 2.09. The minimum atomic E-state index is 0.310. The van der Waals surface area contributed by atoms with Crippen molar-refractivity contribution in [3.8, 4) is 0 Å². The van der Waals surface area contributed by atoms with Crippen LogP contribution in [0.4, 0.5) is 0 Å². The van der Waals surface area contributed by atoms with Crippen LogP contribution in [0.3, 0.4) is 0 Å². The first kappa shape index (κ1) is 15.0. The summed E-state index contributed by atoms with van der Waals surface area (Å²) in [6, 6.07) is 8.84. The fourth-order valence-corrected chi connectivity index (χ4v) is 3.20. The lowest BCUT2D eigenvalue weighted by molar-refractivity contribution is 0.656. The summed E-state index contributed by atoms with van der Waals surface area (Å²) in [5.41, 5.74) is 4.99. The summed E-state index contributed by atoms with van der Waals surface area (Å²) in [5.74, 6) is 0.920. The molecule has 0 saturated heterocycles. The Morgan fingerprint density at radius 2 is 2.00 bits per heavy atom. The fraction of sp³-hybridized carbons (Fsp3) is 0.375. The van der Waals surface area contributed by atoms with Crippen LogP contribution in [0, 0.1) is 20.8 Å². The number of nitrogens with zero attached hydrogens (tertiary/aromatic N) is 2. The van der Waals surface area contributed by atoms with Crippen molar-refractivity contribution in [2.24, 2.45) is 0 Å². The van der Waals surface area contributed by atoms with E-state index in [4.69, 9.17) is 0 Å². The molecule has 0 aliphatic heterocycles. The van der Waals surface area contributed by atoms with E-state index in [1.54, 1.807) is 11.8 Å². The molecule has 1 unspecified atom stereocenters. The molecule has 106 valence electrons. The number of aryl methyl sites for hydroxylation is 3. The lowest BCUT2D eigenvalue weighted by Gasteiger charge is -2.18. The maximum atomic E-state index is 4.43. The molecule has 0 fully saturated rings. The molecule has 0 amide bonds. The summed E-state index contributed by atoms with van der Waals surface area (Å²) in [6.07, 6.45) is 1.82. The molecule has 0 bridgehead atoms. The van der Waals surface area contributed by atoms with Gasteiger partial charge >= 0.3 is 0 Å². The van der Waals surface area contributed by atoms with Crippen LogP contribution >= 0.6 is 11.8 Å². The highest BCUT2D eigenvalue weighted by Gasteiger charge is 2.13. The zero-order valence-corrected chi connectivity index (χ0v) is 13.3. The number of hydrogen-bond donors (Lipinski definition) is 1. The Labute approximate surface area is 125 Å². The second-order valence-electron chi connectivity index (χ2n) is 4.99. The monoisotopic (exact) mass is 287 g/mol. The number of benzene rings is 1. The summed E-state index contributed by atoms with van der Waals surface area (Å²) < 4.78 is 0. The second kappa shape index (κ2) is 6.86. The molecule has 1 heterocycles. The van der Waals surface area contributed by atoms with Crippen molar-refractivity contribution in [3.63, 3.8) is 0 Å². The Kier molecular flexibility index (Phi) is 5.15. The highest BCUT2D eigenvalue weighted by Crippen LogP contribution is 2.25. The van der Waals surface area contributed by atoms with Crippen LogP contribution in [0.2, 0.25) is 0 Å². The van der Waals surface area contributed by atoms with Gasteiger partial charge in [0.25, 0.3) is 0 Å². The molecule has 2 rings (SSSR count). The highest BCUT2D eigenvalue weighted by atomic mass is 32.2. The van der Waals surface area contributed by atoms with E-state index in [1.807, 2.05) is 26.2 Å². The Bertz CT molecular complexity index is 584. The number of nitrogens with one attached hydrogen (secondary N) is 1. The molecular weight excluding hydrogens is 266 g/mol. The third kappa shape index (κ3) is 3.81. The van der Waals surface area contributed by atoms with E-state index < -0.39 is 0 Å². The molecule has 2 aromatic rings. The SMILES string of the molecule is CNC(CSc1nccc(C)n1)c1ccc(C)cc1C. The molecule has 1 aromatic carbocycles. The van der Waals surface area contributed by atoms with Gasteiger partial charge in [0.1, 0.15) is 0 Å². The molecule has 1 N–H and O–H groups in total. The molecule has 20 heavy (non-hydrogen) atoms. The van der Waals surface area contributed by atoms with Gasteiger partial charge in [-0.25, -0.2) is 9.97 Å². The summed E-state index contributed by atoms with van der Waals surface area (Å²) >= 11 is 1.69. The molecule has 0 aliphatic carbocycles. The van der Waals surface area contributed by atoms with Crippen LogP contribution in [-0.4, -0.2) is 22.8 Å². The van der Waals surface area contributed by atoms with Crippen molar-refractivity contribution in [3.05, 3.63) is 52.8 Å². The van der Waals surface area contributed by atoms with Gasteiger partial charge in [0.15, 0.2) is 5.16 Å². The standard InChI is InChI=1S/C16H21N3S/c1-11-5-6-14(12(2)9-11)15(17-4)10-20-16-18-8-7-13(3)19-16/h5-9,15,17H,10H2,1-4H3. The third-order valence-electron chi connectivity index (χ3n) is 3.30. The van der Waals surface area contributed by atoms with Gasteiger partial charge in [0.05, 0.1) is 0 Å². The molecule has 0 spiro atoms. The van der Waals surface area contributed by atoms with Gasteiger partial charge < -0.3 is 5.32 Å². The molecule has 4 heteroatoms. The van der Waals surface area contributed by atoms with Gasteiger partial charge in [-0.1, -0.05) is 35.5 Å². The summed E-state index contributed by atoms with van der Waals surface area (Å²) in [7, 11) is 2.00. The lowest BCUT2D eigenvalue weighted by Crippen LogP contribution is -2.20. The predicted molar refractivity (Wildman–Crippen MR) is 85.2 cm³/mol. The van der Waals surface area contributed by atoms with E-state index >= 15 is 0 Å². The smallest absolute Gasteiger partial charge is 0.187 e. The van der Waals surface area contributed by atoms with Gasteiger partial charge in [-0.15, -0.1) is 0 Å². The van der Waals surface area contributed by atoms with Crippen LogP contribution in [0.15, 0.2) is 35.6 Å². The molecule has 3 nitrogen and oxygen atoms in total. The Morgan fingerprint density at radius 3 is 2.65 bits per heavy atom. The van der Waals surface area contributed by atoms with Crippen LogP contribution in [0.5, 0.6) is 0 Å². The largest absolute Gasteiger partial charge is 0.312 e. The van der Waals surface area contributed by atoms with E-state index in [9.17, 15) is 0 Å². The maximum Gasteiger partial charge on any atom is 0.187 e. The summed E-state index contributed by atoms with van der Waals surface area (Å²) in [5, 5.41) is 4.23. The van der Waals surface area contributed by atoms with Gasteiger partial charge in [0.2, 0.25) is 0 Å². The van der Waals surface area contributed by atoms with Crippen molar-refractivity contribution >= 4 is 11.8 Å². The van der Waals surface area contributed by atoms with Crippen molar-refractivity contribution < 1.29 is 0 Å². The Morgan fingerprint density at radius 1 is 1.20 bits per heavy atom. The fourth-order valence-electron chi connectivity index (χ4n) is 2.20. The van der Waals surface area contributed by atoms with Crippen molar-refractivity contribution in [1.82, 2.24) is 15.3 Å². The number of rotatable bonds is 5. The van der Waals surface area contributed by atoms with E-state index in [0.29, 0.717) is 6.04 Å². The minimum absolute atomic E-state index is 0.310. The first-order chi connectivity index (χ1) is 9.60. The first-order valence-corrected chi connectivity index (χ1v) is 7.75. The first-order valence-electron chi connectivity index (χ1n) is 6.77. The molecule has 1 atom stereocenters. The number of thioether (sulfide) groups is 1. The van der Waals surface area contributed by atoms with E-state index in [1.165, 1.54) is 16.7 Å². The predicted octanol–water partition coefficient (Wildman–Crippen LogP) is 3.45. The Hall–Kier alpha value is -1.39. The molecule has 0 saturated carbocycles.